The Morgan fingerprint density at radius 3 is 2.42 bits per heavy atom. The number of carboxylic acids is 1. The van der Waals surface area contributed by atoms with Crippen LogP contribution < -0.4 is 0 Å². The monoisotopic (exact) mass is 263 g/mol. The highest BCUT2D eigenvalue weighted by Crippen LogP contribution is 2.25. The van der Waals surface area contributed by atoms with E-state index < -0.39 is 5.97 Å². The summed E-state index contributed by atoms with van der Waals surface area (Å²) in [5, 5.41) is 8.75. The molecule has 1 atom stereocenters. The number of aryl methyl sites for hydroxylation is 1. The number of rotatable bonds is 7. The first-order chi connectivity index (χ1) is 8.93. The predicted molar refractivity (Wildman–Crippen MR) is 78.3 cm³/mol. The lowest BCUT2D eigenvalue weighted by atomic mass is 10.00. The summed E-state index contributed by atoms with van der Waals surface area (Å²) < 4.78 is 0. The number of hydrogen-bond donors (Lipinski definition) is 1. The number of carbonyl (C=O) groups is 1. The van der Waals surface area contributed by atoms with Crippen LogP contribution in [-0.4, -0.2) is 28.6 Å². The Bertz CT molecular complexity index is 415. The largest absolute Gasteiger partial charge is 0.481 e. The first kappa shape index (κ1) is 15.7. The van der Waals surface area contributed by atoms with Gasteiger partial charge >= 0.3 is 5.97 Å². The second kappa shape index (κ2) is 7.29. The third-order valence-corrected chi connectivity index (χ3v) is 3.61. The van der Waals surface area contributed by atoms with E-state index in [1.807, 2.05) is 0 Å². The Morgan fingerprint density at radius 2 is 1.89 bits per heavy atom. The van der Waals surface area contributed by atoms with Gasteiger partial charge in [0.25, 0.3) is 0 Å². The molecule has 0 heterocycles. The van der Waals surface area contributed by atoms with Crippen molar-refractivity contribution in [3.8, 4) is 0 Å². The zero-order valence-corrected chi connectivity index (χ0v) is 12.4. The fraction of sp³-hybridized carbons (Fsp3) is 0.562. The lowest BCUT2D eigenvalue weighted by Crippen LogP contribution is -2.35. The van der Waals surface area contributed by atoms with Crippen molar-refractivity contribution < 1.29 is 9.90 Å². The summed E-state index contributed by atoms with van der Waals surface area (Å²) in [4.78, 5) is 13.0. The highest BCUT2D eigenvalue weighted by molar-refractivity contribution is 5.66. The van der Waals surface area contributed by atoms with Crippen molar-refractivity contribution in [1.29, 1.82) is 0 Å². The van der Waals surface area contributed by atoms with E-state index in [0.29, 0.717) is 18.5 Å². The van der Waals surface area contributed by atoms with E-state index in [0.717, 1.165) is 6.54 Å². The van der Waals surface area contributed by atoms with Gasteiger partial charge in [-0.05, 0) is 51.8 Å². The van der Waals surface area contributed by atoms with Crippen LogP contribution in [0.15, 0.2) is 24.3 Å². The Morgan fingerprint density at radius 1 is 1.26 bits per heavy atom. The lowest BCUT2D eigenvalue weighted by molar-refractivity contribution is -0.137. The molecule has 1 unspecified atom stereocenters. The van der Waals surface area contributed by atoms with Crippen LogP contribution in [0.25, 0.3) is 0 Å². The van der Waals surface area contributed by atoms with Gasteiger partial charge in [-0.15, -0.1) is 0 Å². The molecule has 0 saturated heterocycles. The third-order valence-electron chi connectivity index (χ3n) is 3.61. The van der Waals surface area contributed by atoms with Crippen molar-refractivity contribution in [2.24, 2.45) is 0 Å². The fourth-order valence-corrected chi connectivity index (χ4v) is 2.55. The van der Waals surface area contributed by atoms with Gasteiger partial charge in [0, 0.05) is 18.5 Å². The van der Waals surface area contributed by atoms with Gasteiger partial charge in [-0.2, -0.15) is 0 Å². The van der Waals surface area contributed by atoms with Gasteiger partial charge in [0.05, 0.1) is 0 Å². The maximum absolute atomic E-state index is 10.6. The first-order valence-corrected chi connectivity index (χ1v) is 6.96. The summed E-state index contributed by atoms with van der Waals surface area (Å²) in [5.41, 5.74) is 2.62. The Kier molecular flexibility index (Phi) is 6.03. The molecule has 0 aliphatic carbocycles. The molecule has 3 heteroatoms. The summed E-state index contributed by atoms with van der Waals surface area (Å²) >= 11 is 0. The van der Waals surface area contributed by atoms with Crippen LogP contribution in [0, 0.1) is 6.92 Å². The van der Waals surface area contributed by atoms with Crippen molar-refractivity contribution in [2.75, 3.05) is 6.54 Å². The average Bonchev–Trinajstić information content (AvgIpc) is 2.33. The summed E-state index contributed by atoms with van der Waals surface area (Å²) in [5.74, 6) is -0.716. The highest BCUT2D eigenvalue weighted by atomic mass is 16.4. The van der Waals surface area contributed by atoms with E-state index >= 15 is 0 Å². The lowest BCUT2D eigenvalue weighted by Gasteiger charge is -2.33. The topological polar surface area (TPSA) is 40.5 Å². The van der Waals surface area contributed by atoms with Gasteiger partial charge < -0.3 is 5.11 Å². The summed E-state index contributed by atoms with van der Waals surface area (Å²) in [6.07, 6.45) is 0.938. The van der Waals surface area contributed by atoms with Gasteiger partial charge in [0.15, 0.2) is 0 Å². The maximum atomic E-state index is 10.6. The molecule has 0 amide bonds. The Labute approximate surface area is 116 Å². The normalized spacial score (nSPS) is 12.9. The predicted octanol–water partition coefficient (Wildman–Crippen LogP) is 3.63. The van der Waals surface area contributed by atoms with E-state index in [4.69, 9.17) is 5.11 Å². The molecule has 106 valence electrons. The molecule has 0 bridgehead atoms. The standard InChI is InChI=1S/C16H25NO2/c1-12(2)17(11-7-10-16(18)19)14(4)15-9-6-5-8-13(15)3/h5-6,8-9,12,14H,7,10-11H2,1-4H3,(H,18,19). The molecule has 0 spiro atoms. The number of carboxylic acid groups (broad SMARTS) is 1. The molecule has 19 heavy (non-hydrogen) atoms. The molecule has 3 nitrogen and oxygen atoms in total. The van der Waals surface area contributed by atoms with Gasteiger partial charge in [-0.25, -0.2) is 0 Å². The van der Waals surface area contributed by atoms with Crippen molar-refractivity contribution in [3.63, 3.8) is 0 Å². The molecule has 0 radical (unpaired) electrons. The summed E-state index contributed by atoms with van der Waals surface area (Å²) in [7, 11) is 0. The molecule has 0 fully saturated rings. The highest BCUT2D eigenvalue weighted by Gasteiger charge is 2.19. The average molecular weight is 263 g/mol. The van der Waals surface area contributed by atoms with Crippen LogP contribution in [0.3, 0.4) is 0 Å². The van der Waals surface area contributed by atoms with Crippen LogP contribution in [-0.2, 0) is 4.79 Å². The molecular formula is C16H25NO2. The number of nitrogens with zero attached hydrogens (tertiary/aromatic N) is 1. The van der Waals surface area contributed by atoms with Gasteiger partial charge in [0.2, 0.25) is 0 Å². The third kappa shape index (κ3) is 4.67. The minimum absolute atomic E-state index is 0.240. The van der Waals surface area contributed by atoms with Gasteiger partial charge in [0.1, 0.15) is 0 Å². The molecular weight excluding hydrogens is 238 g/mol. The van der Waals surface area contributed by atoms with Gasteiger partial charge in [-0.1, -0.05) is 24.3 Å². The SMILES string of the molecule is Cc1ccccc1C(C)N(CCCC(=O)O)C(C)C. The summed E-state index contributed by atoms with van der Waals surface area (Å²) in [6.45, 7) is 9.47. The summed E-state index contributed by atoms with van der Waals surface area (Å²) in [6, 6.07) is 9.12. The molecule has 1 N–H and O–H groups in total. The van der Waals surface area contributed by atoms with Crippen molar-refractivity contribution in [3.05, 3.63) is 35.4 Å². The maximum Gasteiger partial charge on any atom is 0.303 e. The second-order valence-corrected chi connectivity index (χ2v) is 5.36. The van der Waals surface area contributed by atoms with Crippen LogP contribution >= 0.6 is 0 Å². The van der Waals surface area contributed by atoms with E-state index in [1.54, 1.807) is 0 Å². The molecule has 0 saturated carbocycles. The Hall–Kier alpha value is -1.35. The van der Waals surface area contributed by atoms with Crippen LogP contribution in [0.1, 0.15) is 50.8 Å². The van der Waals surface area contributed by atoms with E-state index in [-0.39, 0.29) is 6.42 Å². The molecule has 1 rings (SSSR count). The zero-order chi connectivity index (χ0) is 14.4. The van der Waals surface area contributed by atoms with Crippen LogP contribution in [0.2, 0.25) is 0 Å². The van der Waals surface area contributed by atoms with Gasteiger partial charge in [-0.3, -0.25) is 9.69 Å². The minimum atomic E-state index is -0.716. The molecule has 1 aromatic rings. The van der Waals surface area contributed by atoms with Crippen molar-refractivity contribution >= 4 is 5.97 Å². The quantitative estimate of drug-likeness (QED) is 0.816. The van der Waals surface area contributed by atoms with Crippen molar-refractivity contribution in [1.82, 2.24) is 4.90 Å². The zero-order valence-electron chi connectivity index (χ0n) is 12.4. The minimum Gasteiger partial charge on any atom is -0.481 e. The second-order valence-electron chi connectivity index (χ2n) is 5.36. The van der Waals surface area contributed by atoms with E-state index in [2.05, 4.69) is 56.9 Å². The van der Waals surface area contributed by atoms with Crippen LogP contribution in [0.4, 0.5) is 0 Å². The van der Waals surface area contributed by atoms with Crippen LogP contribution in [0.5, 0.6) is 0 Å². The molecule has 0 aromatic heterocycles. The van der Waals surface area contributed by atoms with E-state index in [9.17, 15) is 4.79 Å². The number of hydrogen-bond acceptors (Lipinski definition) is 2. The number of aliphatic carboxylic acids is 1. The molecule has 0 aliphatic heterocycles. The smallest absolute Gasteiger partial charge is 0.303 e. The van der Waals surface area contributed by atoms with Crippen molar-refractivity contribution in [2.45, 2.75) is 52.6 Å². The molecule has 1 aromatic carbocycles. The first-order valence-electron chi connectivity index (χ1n) is 6.96. The number of benzene rings is 1. The molecule has 0 aliphatic rings. The fourth-order valence-electron chi connectivity index (χ4n) is 2.55. The Balaban J connectivity index is 2.76. The van der Waals surface area contributed by atoms with E-state index in [1.165, 1.54) is 11.1 Å².